The fraction of sp³-hybridized carbons (Fsp3) is 0.400. The van der Waals surface area contributed by atoms with Crippen LogP contribution in [0.15, 0.2) is 23.7 Å². The van der Waals surface area contributed by atoms with E-state index in [1.807, 2.05) is 17.6 Å². The van der Waals surface area contributed by atoms with E-state index >= 15 is 0 Å². The van der Waals surface area contributed by atoms with Crippen molar-refractivity contribution < 1.29 is 9.47 Å². The molecular weight excluding hydrogens is 286 g/mol. The topological polar surface area (TPSA) is 60.6 Å². The Morgan fingerprint density at radius 3 is 2.86 bits per heavy atom. The van der Waals surface area contributed by atoms with E-state index < -0.39 is 0 Å². The molecule has 1 aliphatic rings. The average molecular weight is 305 g/mol. The lowest BCUT2D eigenvalue weighted by molar-refractivity contribution is 0.208. The normalized spacial score (nSPS) is 17.8. The summed E-state index contributed by atoms with van der Waals surface area (Å²) in [5.41, 5.74) is 8.42. The third kappa shape index (κ3) is 2.62. The Morgan fingerprint density at radius 1 is 1.38 bits per heavy atom. The molecule has 2 heterocycles. The van der Waals surface area contributed by atoms with E-state index in [2.05, 4.69) is 16.0 Å². The number of fused-ring (bicyclic) bond motifs is 1. The maximum absolute atomic E-state index is 6.02. The molecule has 1 unspecified atom stereocenters. The van der Waals surface area contributed by atoms with Gasteiger partial charge in [-0.05, 0) is 11.6 Å². The molecule has 1 aliphatic heterocycles. The van der Waals surface area contributed by atoms with E-state index in [9.17, 15) is 0 Å². The molecule has 112 valence electrons. The van der Waals surface area contributed by atoms with Crippen LogP contribution >= 0.6 is 11.3 Å². The number of benzene rings is 1. The van der Waals surface area contributed by atoms with Crippen molar-refractivity contribution in [3.63, 3.8) is 0 Å². The molecule has 0 radical (unpaired) electrons. The van der Waals surface area contributed by atoms with Gasteiger partial charge in [-0.25, -0.2) is 4.98 Å². The summed E-state index contributed by atoms with van der Waals surface area (Å²) in [4.78, 5) is 6.71. The highest BCUT2D eigenvalue weighted by Crippen LogP contribution is 2.42. The molecule has 0 spiro atoms. The summed E-state index contributed by atoms with van der Waals surface area (Å²) in [5.74, 6) is 1.67. The molecule has 3 rings (SSSR count). The molecule has 0 saturated carbocycles. The first-order chi connectivity index (χ1) is 10.3. The molecule has 1 aromatic heterocycles. The molecule has 0 bridgehead atoms. The van der Waals surface area contributed by atoms with Gasteiger partial charge in [0.15, 0.2) is 0 Å². The minimum absolute atomic E-state index is 0.157. The molecule has 0 fully saturated rings. The lowest BCUT2D eigenvalue weighted by Crippen LogP contribution is -2.27. The number of hydrogen-bond acceptors (Lipinski definition) is 6. The number of aromatic nitrogens is 1. The van der Waals surface area contributed by atoms with Gasteiger partial charge in [0.05, 0.1) is 26.8 Å². The third-order valence-electron chi connectivity index (χ3n) is 3.85. The maximum atomic E-state index is 6.02. The molecule has 0 amide bonds. The van der Waals surface area contributed by atoms with Gasteiger partial charge in [0.2, 0.25) is 0 Å². The van der Waals surface area contributed by atoms with Gasteiger partial charge in [-0.2, -0.15) is 0 Å². The standard InChI is InChI=1S/C15H19N3O2S/c1-19-11-5-10-8-18(9-14-17-3-4-21-14)12(7-16)15(10)13(6-11)20-2/h3-6,12H,7-9,16H2,1-2H3. The van der Waals surface area contributed by atoms with E-state index in [4.69, 9.17) is 15.2 Å². The predicted octanol–water partition coefficient (Wildman–Crippen LogP) is 2.18. The second-order valence-electron chi connectivity index (χ2n) is 4.98. The molecule has 0 saturated heterocycles. The highest BCUT2D eigenvalue weighted by molar-refractivity contribution is 7.09. The molecule has 1 atom stereocenters. The van der Waals surface area contributed by atoms with Crippen LogP contribution in [0.5, 0.6) is 11.5 Å². The van der Waals surface area contributed by atoms with Crippen molar-refractivity contribution in [3.05, 3.63) is 39.8 Å². The van der Waals surface area contributed by atoms with E-state index in [1.54, 1.807) is 25.6 Å². The van der Waals surface area contributed by atoms with Gasteiger partial charge in [-0.3, -0.25) is 4.90 Å². The number of methoxy groups -OCH3 is 2. The smallest absolute Gasteiger partial charge is 0.127 e. The van der Waals surface area contributed by atoms with E-state index in [0.29, 0.717) is 6.54 Å². The quantitative estimate of drug-likeness (QED) is 0.917. The molecule has 2 aromatic rings. The van der Waals surface area contributed by atoms with E-state index in [-0.39, 0.29) is 6.04 Å². The summed E-state index contributed by atoms with van der Waals surface area (Å²) in [6.07, 6.45) is 1.84. The van der Waals surface area contributed by atoms with Gasteiger partial charge >= 0.3 is 0 Å². The number of ether oxygens (including phenoxy) is 2. The van der Waals surface area contributed by atoms with Crippen LogP contribution in [-0.2, 0) is 13.1 Å². The van der Waals surface area contributed by atoms with Crippen molar-refractivity contribution in [2.75, 3.05) is 20.8 Å². The Morgan fingerprint density at radius 2 is 2.24 bits per heavy atom. The minimum Gasteiger partial charge on any atom is -0.497 e. The summed E-state index contributed by atoms with van der Waals surface area (Å²) in [6.45, 7) is 2.20. The largest absolute Gasteiger partial charge is 0.497 e. The number of rotatable bonds is 5. The zero-order valence-corrected chi connectivity index (χ0v) is 13.0. The van der Waals surface area contributed by atoms with Crippen molar-refractivity contribution >= 4 is 11.3 Å². The Labute approximate surface area is 128 Å². The minimum atomic E-state index is 0.157. The summed E-state index contributed by atoms with van der Waals surface area (Å²) in [7, 11) is 3.36. The number of hydrogen-bond donors (Lipinski definition) is 1. The van der Waals surface area contributed by atoms with Gasteiger partial charge in [0.1, 0.15) is 16.5 Å². The molecular formula is C15H19N3O2S. The average Bonchev–Trinajstić information content (AvgIpc) is 3.13. The SMILES string of the molecule is COc1cc2c(c(OC)c1)C(CN)N(Cc1nccs1)C2. The van der Waals surface area contributed by atoms with Crippen LogP contribution in [0.4, 0.5) is 0 Å². The Kier molecular flexibility index (Phi) is 4.10. The Hall–Kier alpha value is -1.63. The van der Waals surface area contributed by atoms with Crippen LogP contribution in [0.1, 0.15) is 22.2 Å². The Balaban J connectivity index is 1.94. The van der Waals surface area contributed by atoms with Crippen molar-refractivity contribution in [3.8, 4) is 11.5 Å². The van der Waals surface area contributed by atoms with Gasteiger partial charge in [0.25, 0.3) is 0 Å². The van der Waals surface area contributed by atoms with E-state index in [1.165, 1.54) is 11.1 Å². The summed E-state index contributed by atoms with van der Waals surface area (Å²) >= 11 is 1.67. The predicted molar refractivity (Wildman–Crippen MR) is 82.7 cm³/mol. The first-order valence-corrected chi connectivity index (χ1v) is 7.72. The lowest BCUT2D eigenvalue weighted by atomic mass is 10.0. The first kappa shape index (κ1) is 14.3. The number of thiazole rings is 1. The molecule has 6 heteroatoms. The van der Waals surface area contributed by atoms with Crippen LogP contribution in [-0.4, -0.2) is 30.6 Å². The van der Waals surface area contributed by atoms with Crippen LogP contribution in [0.3, 0.4) is 0 Å². The second kappa shape index (κ2) is 6.01. The molecule has 21 heavy (non-hydrogen) atoms. The zero-order valence-electron chi connectivity index (χ0n) is 12.2. The van der Waals surface area contributed by atoms with Crippen LogP contribution in [0.2, 0.25) is 0 Å². The zero-order chi connectivity index (χ0) is 14.8. The van der Waals surface area contributed by atoms with Gasteiger partial charge in [0, 0.05) is 36.3 Å². The number of nitrogens with two attached hydrogens (primary N) is 1. The first-order valence-electron chi connectivity index (χ1n) is 6.84. The highest BCUT2D eigenvalue weighted by Gasteiger charge is 2.33. The van der Waals surface area contributed by atoms with Crippen molar-refractivity contribution in [1.29, 1.82) is 0 Å². The molecule has 5 nitrogen and oxygen atoms in total. The van der Waals surface area contributed by atoms with Crippen LogP contribution in [0, 0.1) is 0 Å². The van der Waals surface area contributed by atoms with Gasteiger partial charge in [-0.15, -0.1) is 11.3 Å². The number of nitrogens with zero attached hydrogens (tertiary/aromatic N) is 2. The van der Waals surface area contributed by atoms with Crippen molar-refractivity contribution in [2.45, 2.75) is 19.1 Å². The Bertz CT molecular complexity index is 616. The van der Waals surface area contributed by atoms with Crippen molar-refractivity contribution in [1.82, 2.24) is 9.88 Å². The van der Waals surface area contributed by atoms with Crippen LogP contribution in [0.25, 0.3) is 0 Å². The van der Waals surface area contributed by atoms with Gasteiger partial charge in [-0.1, -0.05) is 0 Å². The fourth-order valence-electron chi connectivity index (χ4n) is 2.90. The second-order valence-corrected chi connectivity index (χ2v) is 5.96. The monoisotopic (exact) mass is 305 g/mol. The molecule has 1 aromatic carbocycles. The third-order valence-corrected chi connectivity index (χ3v) is 4.61. The maximum Gasteiger partial charge on any atom is 0.127 e. The highest BCUT2D eigenvalue weighted by atomic mass is 32.1. The fourth-order valence-corrected chi connectivity index (χ4v) is 3.54. The summed E-state index contributed by atoms with van der Waals surface area (Å²) in [5, 5.41) is 3.10. The summed E-state index contributed by atoms with van der Waals surface area (Å²) in [6, 6.07) is 4.15. The van der Waals surface area contributed by atoms with Crippen molar-refractivity contribution in [2.24, 2.45) is 5.73 Å². The lowest BCUT2D eigenvalue weighted by Gasteiger charge is -2.23. The van der Waals surface area contributed by atoms with E-state index in [0.717, 1.165) is 29.6 Å². The van der Waals surface area contributed by atoms with Gasteiger partial charge < -0.3 is 15.2 Å². The molecule has 0 aliphatic carbocycles. The summed E-state index contributed by atoms with van der Waals surface area (Å²) < 4.78 is 10.9. The molecule has 2 N–H and O–H groups in total. The van der Waals surface area contributed by atoms with Crippen LogP contribution < -0.4 is 15.2 Å².